The minimum absolute atomic E-state index is 0.0444. The molecule has 0 saturated carbocycles. The summed E-state index contributed by atoms with van der Waals surface area (Å²) in [6, 6.07) is 4.50. The molecule has 7 heteroatoms. The molecule has 21 heavy (non-hydrogen) atoms. The van der Waals surface area contributed by atoms with Gasteiger partial charge in [-0.25, -0.2) is 8.42 Å². The van der Waals surface area contributed by atoms with Crippen LogP contribution in [0.2, 0.25) is 0 Å². The molecule has 0 bridgehead atoms. The van der Waals surface area contributed by atoms with Gasteiger partial charge in [-0.05, 0) is 39.3 Å². The van der Waals surface area contributed by atoms with E-state index < -0.39 is 22.0 Å². The van der Waals surface area contributed by atoms with Crippen LogP contribution in [0.4, 0.5) is 5.69 Å². The highest BCUT2D eigenvalue weighted by atomic mass is 32.2. The van der Waals surface area contributed by atoms with Crippen LogP contribution in [0.3, 0.4) is 0 Å². The summed E-state index contributed by atoms with van der Waals surface area (Å²) in [5.41, 5.74) is 6.53. The van der Waals surface area contributed by atoms with Crippen molar-refractivity contribution in [3.63, 3.8) is 0 Å². The molecule has 1 rings (SSSR count). The molecule has 0 heterocycles. The number of carbonyl (C=O) groups is 1. The molecule has 0 radical (unpaired) electrons. The fourth-order valence-corrected chi connectivity index (χ4v) is 3.93. The molecule has 1 aromatic rings. The highest BCUT2D eigenvalue weighted by Gasteiger charge is 2.32. The lowest BCUT2D eigenvalue weighted by atomic mass is 10.2. The molecular weight excluding hydrogens is 292 g/mol. The molecule has 0 spiro atoms. The van der Waals surface area contributed by atoms with Crippen molar-refractivity contribution in [3.8, 4) is 0 Å². The van der Waals surface area contributed by atoms with Crippen LogP contribution in [0, 0.1) is 6.92 Å². The van der Waals surface area contributed by atoms with Crippen molar-refractivity contribution in [1.29, 1.82) is 0 Å². The molecule has 0 saturated heterocycles. The second-order valence-electron chi connectivity index (χ2n) is 4.94. The van der Waals surface area contributed by atoms with Gasteiger partial charge in [-0.2, -0.15) is 4.31 Å². The SMILES string of the molecule is CCOC(=O)CN(C(C)C)S(=O)(=O)c1c(C)cccc1N. The van der Waals surface area contributed by atoms with Crippen LogP contribution in [-0.2, 0) is 19.6 Å². The van der Waals surface area contributed by atoms with Crippen molar-refractivity contribution in [2.45, 2.75) is 38.6 Å². The first-order chi connectivity index (χ1) is 9.71. The van der Waals surface area contributed by atoms with Gasteiger partial charge in [0.25, 0.3) is 0 Å². The van der Waals surface area contributed by atoms with Crippen LogP contribution in [0.25, 0.3) is 0 Å². The van der Waals surface area contributed by atoms with Crippen LogP contribution in [0.5, 0.6) is 0 Å². The average molecular weight is 314 g/mol. The highest BCUT2D eigenvalue weighted by molar-refractivity contribution is 7.89. The third-order valence-corrected chi connectivity index (χ3v) is 5.22. The van der Waals surface area contributed by atoms with Gasteiger partial charge < -0.3 is 10.5 Å². The summed E-state index contributed by atoms with van der Waals surface area (Å²) in [5, 5.41) is 0. The smallest absolute Gasteiger partial charge is 0.321 e. The monoisotopic (exact) mass is 314 g/mol. The van der Waals surface area contributed by atoms with E-state index in [1.807, 2.05) is 0 Å². The lowest BCUT2D eigenvalue weighted by molar-refractivity contribution is -0.143. The molecule has 118 valence electrons. The quantitative estimate of drug-likeness (QED) is 0.635. The van der Waals surface area contributed by atoms with Crippen LogP contribution >= 0.6 is 0 Å². The predicted octanol–water partition coefficient (Wildman–Crippen LogP) is 1.54. The van der Waals surface area contributed by atoms with E-state index in [2.05, 4.69) is 0 Å². The first-order valence-corrected chi connectivity index (χ1v) is 8.18. The Morgan fingerprint density at radius 2 is 2.00 bits per heavy atom. The molecule has 2 N–H and O–H groups in total. The number of sulfonamides is 1. The lowest BCUT2D eigenvalue weighted by Crippen LogP contribution is -2.41. The Morgan fingerprint density at radius 3 is 2.48 bits per heavy atom. The maximum absolute atomic E-state index is 12.8. The van der Waals surface area contributed by atoms with Gasteiger partial charge in [0.2, 0.25) is 10.0 Å². The van der Waals surface area contributed by atoms with Crippen molar-refractivity contribution in [3.05, 3.63) is 23.8 Å². The molecule has 0 unspecified atom stereocenters. The molecule has 0 atom stereocenters. The normalized spacial score (nSPS) is 11.9. The number of benzene rings is 1. The maximum Gasteiger partial charge on any atom is 0.321 e. The molecule has 0 aliphatic carbocycles. The molecule has 0 fully saturated rings. The van der Waals surface area contributed by atoms with E-state index in [4.69, 9.17) is 10.5 Å². The molecular formula is C14H22N2O4S. The number of aryl methyl sites for hydroxylation is 1. The van der Waals surface area contributed by atoms with Crippen LogP contribution in [-0.4, -0.2) is 37.9 Å². The van der Waals surface area contributed by atoms with Crippen LogP contribution < -0.4 is 5.73 Å². The number of nitrogen functional groups attached to an aromatic ring is 1. The lowest BCUT2D eigenvalue weighted by Gasteiger charge is -2.26. The highest BCUT2D eigenvalue weighted by Crippen LogP contribution is 2.27. The van der Waals surface area contributed by atoms with Crippen molar-refractivity contribution < 1.29 is 17.9 Å². The number of hydrogen-bond acceptors (Lipinski definition) is 5. The Kier molecular flexibility index (Phi) is 5.74. The summed E-state index contributed by atoms with van der Waals surface area (Å²) < 4.78 is 31.5. The van der Waals surface area contributed by atoms with E-state index in [-0.39, 0.29) is 23.7 Å². The van der Waals surface area contributed by atoms with Crippen LogP contribution in [0.1, 0.15) is 26.3 Å². The molecule has 6 nitrogen and oxygen atoms in total. The number of esters is 1. The fourth-order valence-electron chi connectivity index (χ4n) is 2.02. The zero-order chi connectivity index (χ0) is 16.2. The van der Waals surface area contributed by atoms with E-state index in [1.54, 1.807) is 39.8 Å². The summed E-state index contributed by atoms with van der Waals surface area (Å²) in [4.78, 5) is 11.7. The Morgan fingerprint density at radius 1 is 1.38 bits per heavy atom. The average Bonchev–Trinajstić information content (AvgIpc) is 2.35. The minimum Gasteiger partial charge on any atom is -0.465 e. The van der Waals surface area contributed by atoms with Gasteiger partial charge in [0.1, 0.15) is 11.4 Å². The van der Waals surface area contributed by atoms with Gasteiger partial charge in [-0.15, -0.1) is 0 Å². The van der Waals surface area contributed by atoms with Gasteiger partial charge in [0.15, 0.2) is 0 Å². The predicted molar refractivity (Wildman–Crippen MR) is 81.3 cm³/mol. The summed E-state index contributed by atoms with van der Waals surface area (Å²) in [6.45, 7) is 6.62. The third-order valence-electron chi connectivity index (χ3n) is 2.98. The van der Waals surface area contributed by atoms with Gasteiger partial charge in [-0.3, -0.25) is 4.79 Å². The first kappa shape index (κ1) is 17.5. The Hall–Kier alpha value is -1.60. The number of nitrogens with zero attached hydrogens (tertiary/aromatic N) is 1. The standard InChI is InChI=1S/C14H22N2O4S/c1-5-20-13(17)9-16(10(2)3)21(18,19)14-11(4)7-6-8-12(14)15/h6-8,10H,5,9,15H2,1-4H3. The Labute approximate surface area is 125 Å². The summed E-state index contributed by atoms with van der Waals surface area (Å²) in [7, 11) is -3.87. The molecule has 0 aliphatic rings. The van der Waals surface area contributed by atoms with Crippen molar-refractivity contribution >= 4 is 21.7 Å². The Balaban J connectivity index is 3.26. The first-order valence-electron chi connectivity index (χ1n) is 6.74. The van der Waals surface area contributed by atoms with Gasteiger partial charge in [0.05, 0.1) is 12.3 Å². The zero-order valence-electron chi connectivity index (χ0n) is 12.8. The summed E-state index contributed by atoms with van der Waals surface area (Å²) in [6.07, 6.45) is 0. The minimum atomic E-state index is -3.87. The molecule has 0 aromatic heterocycles. The number of ether oxygens (including phenoxy) is 1. The van der Waals surface area contributed by atoms with Crippen molar-refractivity contribution in [2.24, 2.45) is 0 Å². The molecule has 0 amide bonds. The maximum atomic E-state index is 12.8. The number of hydrogen-bond donors (Lipinski definition) is 1. The number of carbonyl (C=O) groups excluding carboxylic acids is 1. The van der Waals surface area contributed by atoms with Crippen molar-refractivity contribution in [1.82, 2.24) is 4.31 Å². The third kappa shape index (κ3) is 3.95. The van der Waals surface area contributed by atoms with Gasteiger partial charge in [0, 0.05) is 6.04 Å². The number of nitrogens with two attached hydrogens (primary N) is 1. The Bertz CT molecular complexity index is 591. The van der Waals surface area contributed by atoms with E-state index in [1.165, 1.54) is 6.07 Å². The van der Waals surface area contributed by atoms with E-state index in [0.29, 0.717) is 5.56 Å². The van der Waals surface area contributed by atoms with E-state index in [9.17, 15) is 13.2 Å². The van der Waals surface area contributed by atoms with Crippen LogP contribution in [0.15, 0.2) is 23.1 Å². The number of anilines is 1. The van der Waals surface area contributed by atoms with Gasteiger partial charge >= 0.3 is 5.97 Å². The fraction of sp³-hybridized carbons (Fsp3) is 0.500. The second-order valence-corrected chi connectivity index (χ2v) is 6.77. The summed E-state index contributed by atoms with van der Waals surface area (Å²) >= 11 is 0. The summed E-state index contributed by atoms with van der Waals surface area (Å²) in [5.74, 6) is -0.582. The topological polar surface area (TPSA) is 89.7 Å². The second kappa shape index (κ2) is 6.91. The van der Waals surface area contributed by atoms with E-state index >= 15 is 0 Å². The van der Waals surface area contributed by atoms with Gasteiger partial charge in [-0.1, -0.05) is 12.1 Å². The van der Waals surface area contributed by atoms with Crippen molar-refractivity contribution in [2.75, 3.05) is 18.9 Å². The number of rotatable bonds is 6. The zero-order valence-corrected chi connectivity index (χ0v) is 13.6. The largest absolute Gasteiger partial charge is 0.465 e. The molecule has 1 aromatic carbocycles. The molecule has 0 aliphatic heterocycles. The van der Waals surface area contributed by atoms with E-state index in [0.717, 1.165) is 4.31 Å².